The summed E-state index contributed by atoms with van der Waals surface area (Å²) in [5.41, 5.74) is -0.0665. The maximum absolute atomic E-state index is 11.9. The number of carboxylic acid groups (broad SMARTS) is 1. The third-order valence-corrected chi connectivity index (χ3v) is 4.23. The van der Waals surface area contributed by atoms with Gasteiger partial charge in [0.1, 0.15) is 0 Å². The van der Waals surface area contributed by atoms with Crippen molar-refractivity contribution in [2.24, 2.45) is 0 Å². The van der Waals surface area contributed by atoms with Crippen LogP contribution < -0.4 is 10.4 Å². The van der Waals surface area contributed by atoms with E-state index in [0.29, 0.717) is 0 Å². The van der Waals surface area contributed by atoms with Crippen molar-refractivity contribution in [1.82, 2.24) is 4.31 Å². The van der Waals surface area contributed by atoms with E-state index in [2.05, 4.69) is 5.32 Å². The molecular formula is C11H15N2O5S-. The lowest BCUT2D eigenvalue weighted by molar-refractivity contribution is -0.254. The molecular weight excluding hydrogens is 272 g/mol. The van der Waals surface area contributed by atoms with Crippen molar-refractivity contribution in [3.8, 4) is 0 Å². The molecule has 1 aromatic rings. The average molecular weight is 287 g/mol. The molecule has 0 saturated heterocycles. The van der Waals surface area contributed by atoms with Crippen molar-refractivity contribution in [1.29, 1.82) is 0 Å². The molecule has 0 atom stereocenters. The van der Waals surface area contributed by atoms with Crippen LogP contribution in [0.1, 0.15) is 10.4 Å². The fraction of sp³-hybridized carbons (Fsp3) is 0.364. The van der Waals surface area contributed by atoms with Crippen LogP contribution in [-0.2, 0) is 10.0 Å². The van der Waals surface area contributed by atoms with Gasteiger partial charge < -0.3 is 20.3 Å². The van der Waals surface area contributed by atoms with Crippen molar-refractivity contribution >= 4 is 21.7 Å². The highest BCUT2D eigenvalue weighted by molar-refractivity contribution is 7.89. The van der Waals surface area contributed by atoms with Gasteiger partial charge in [0, 0.05) is 31.9 Å². The Morgan fingerprint density at radius 1 is 1.42 bits per heavy atom. The summed E-state index contributed by atoms with van der Waals surface area (Å²) in [6.07, 6.45) is 0. The van der Waals surface area contributed by atoms with Gasteiger partial charge in [0.05, 0.1) is 17.5 Å². The van der Waals surface area contributed by atoms with Crippen molar-refractivity contribution in [2.45, 2.75) is 4.90 Å². The minimum atomic E-state index is -3.71. The van der Waals surface area contributed by atoms with E-state index in [0.717, 1.165) is 10.4 Å². The normalized spacial score (nSPS) is 11.6. The van der Waals surface area contributed by atoms with Gasteiger partial charge in [-0.15, -0.1) is 0 Å². The lowest BCUT2D eigenvalue weighted by Crippen LogP contribution is -2.26. The topological polar surface area (TPSA) is 110 Å². The number of sulfonamides is 1. The summed E-state index contributed by atoms with van der Waals surface area (Å²) < 4.78 is 24.8. The predicted molar refractivity (Wildman–Crippen MR) is 67.2 cm³/mol. The van der Waals surface area contributed by atoms with Crippen LogP contribution in [0.15, 0.2) is 23.1 Å². The maximum Gasteiger partial charge on any atom is 0.242 e. The van der Waals surface area contributed by atoms with Gasteiger partial charge in [0.2, 0.25) is 10.0 Å². The van der Waals surface area contributed by atoms with Gasteiger partial charge >= 0.3 is 0 Å². The molecule has 0 aliphatic carbocycles. The highest BCUT2D eigenvalue weighted by Gasteiger charge is 2.18. The molecule has 0 aliphatic rings. The Morgan fingerprint density at radius 3 is 2.53 bits per heavy atom. The molecule has 0 aliphatic heterocycles. The van der Waals surface area contributed by atoms with Gasteiger partial charge in [-0.2, -0.15) is 0 Å². The zero-order chi connectivity index (χ0) is 14.6. The number of nitrogens with zero attached hydrogens (tertiary/aromatic N) is 1. The number of aromatic carboxylic acids is 1. The van der Waals surface area contributed by atoms with E-state index in [1.54, 1.807) is 0 Å². The zero-order valence-electron chi connectivity index (χ0n) is 10.6. The van der Waals surface area contributed by atoms with Gasteiger partial charge in [-0.05, 0) is 18.2 Å². The van der Waals surface area contributed by atoms with E-state index in [1.165, 1.54) is 26.2 Å². The van der Waals surface area contributed by atoms with Crippen LogP contribution in [0.2, 0.25) is 0 Å². The summed E-state index contributed by atoms with van der Waals surface area (Å²) in [6, 6.07) is 3.66. The second-order valence-corrected chi connectivity index (χ2v) is 6.08. The molecule has 0 heterocycles. The van der Waals surface area contributed by atoms with Crippen molar-refractivity contribution in [2.75, 3.05) is 32.6 Å². The van der Waals surface area contributed by atoms with Crippen LogP contribution in [-0.4, -0.2) is 51.0 Å². The zero-order valence-corrected chi connectivity index (χ0v) is 11.4. The van der Waals surface area contributed by atoms with Gasteiger partial charge in [-0.25, -0.2) is 12.7 Å². The summed E-state index contributed by atoms with van der Waals surface area (Å²) in [7, 11) is -0.999. The molecule has 1 rings (SSSR count). The minimum Gasteiger partial charge on any atom is -0.545 e. The number of carbonyl (C=O) groups excluding carboxylic acids is 1. The molecule has 0 bridgehead atoms. The molecule has 2 N–H and O–H groups in total. The Hall–Kier alpha value is -1.64. The Kier molecular flexibility index (Phi) is 4.87. The first-order valence-electron chi connectivity index (χ1n) is 5.43. The number of anilines is 1. The number of benzene rings is 1. The summed E-state index contributed by atoms with van der Waals surface area (Å²) in [6.45, 7) is -0.0235. The first-order valence-corrected chi connectivity index (χ1v) is 6.87. The lowest BCUT2D eigenvalue weighted by atomic mass is 10.2. The summed E-state index contributed by atoms with van der Waals surface area (Å²) in [5, 5.41) is 22.4. The molecule has 106 valence electrons. The smallest absolute Gasteiger partial charge is 0.242 e. The molecule has 0 unspecified atom stereocenters. The Labute approximate surface area is 111 Å². The molecule has 8 heteroatoms. The monoisotopic (exact) mass is 287 g/mol. The summed E-state index contributed by atoms with van der Waals surface area (Å²) in [5.74, 6) is -1.49. The molecule has 7 nitrogen and oxygen atoms in total. The Morgan fingerprint density at radius 2 is 2.05 bits per heavy atom. The van der Waals surface area contributed by atoms with Crippen LogP contribution >= 0.6 is 0 Å². The van der Waals surface area contributed by atoms with Crippen LogP contribution in [0.5, 0.6) is 0 Å². The second-order valence-electron chi connectivity index (χ2n) is 3.93. The number of hydrogen-bond donors (Lipinski definition) is 2. The Bertz CT molecular complexity index is 568. The molecule has 0 radical (unpaired) electrons. The number of aliphatic hydroxyl groups is 1. The van der Waals surface area contributed by atoms with Gasteiger partial charge in [-0.3, -0.25) is 0 Å². The third kappa shape index (κ3) is 3.43. The fourth-order valence-electron chi connectivity index (χ4n) is 1.41. The van der Waals surface area contributed by atoms with E-state index < -0.39 is 16.0 Å². The number of rotatable bonds is 6. The number of nitrogens with one attached hydrogen (secondary N) is 1. The number of hydrogen-bond acceptors (Lipinski definition) is 6. The van der Waals surface area contributed by atoms with Gasteiger partial charge in [-0.1, -0.05) is 0 Å². The highest BCUT2D eigenvalue weighted by Crippen LogP contribution is 2.21. The van der Waals surface area contributed by atoms with Gasteiger partial charge in [0.15, 0.2) is 0 Å². The van der Waals surface area contributed by atoms with Crippen molar-refractivity contribution < 1.29 is 23.4 Å². The molecule has 0 saturated carbocycles. The van der Waals surface area contributed by atoms with E-state index >= 15 is 0 Å². The Balaban J connectivity index is 3.28. The maximum atomic E-state index is 11.9. The van der Waals surface area contributed by atoms with Crippen LogP contribution in [0.25, 0.3) is 0 Å². The lowest BCUT2D eigenvalue weighted by Gasteiger charge is -2.16. The van der Waals surface area contributed by atoms with Crippen LogP contribution in [0, 0.1) is 0 Å². The minimum absolute atomic E-state index is 0.133. The fourth-order valence-corrected chi connectivity index (χ4v) is 2.34. The molecule has 19 heavy (non-hydrogen) atoms. The largest absolute Gasteiger partial charge is 0.545 e. The SMILES string of the molecule is CN(C)S(=O)(=O)c1ccc(NCCO)c(C(=O)[O-])c1. The molecule has 1 aromatic carbocycles. The number of carboxylic acids is 1. The number of carbonyl (C=O) groups is 1. The van der Waals surface area contributed by atoms with Crippen LogP contribution in [0.4, 0.5) is 5.69 Å². The van der Waals surface area contributed by atoms with E-state index in [1.807, 2.05) is 0 Å². The molecule has 0 fully saturated rings. The first-order chi connectivity index (χ1) is 8.80. The molecule has 0 aromatic heterocycles. The van der Waals surface area contributed by atoms with E-state index in [4.69, 9.17) is 5.11 Å². The summed E-state index contributed by atoms with van der Waals surface area (Å²) in [4.78, 5) is 10.9. The van der Waals surface area contributed by atoms with Crippen LogP contribution in [0.3, 0.4) is 0 Å². The standard InChI is InChI=1S/C11H16N2O5S/c1-13(2)19(17,18)8-3-4-10(12-5-6-14)9(7-8)11(15)16/h3-4,7,12,14H,5-6H2,1-2H3,(H,15,16)/p-1. The van der Waals surface area contributed by atoms with Crippen molar-refractivity contribution in [3.05, 3.63) is 23.8 Å². The number of aliphatic hydroxyl groups excluding tert-OH is 1. The van der Waals surface area contributed by atoms with E-state index in [9.17, 15) is 18.3 Å². The third-order valence-electron chi connectivity index (χ3n) is 2.42. The van der Waals surface area contributed by atoms with E-state index in [-0.39, 0.29) is 29.3 Å². The first kappa shape index (κ1) is 15.4. The average Bonchev–Trinajstić information content (AvgIpc) is 2.35. The highest BCUT2D eigenvalue weighted by atomic mass is 32.2. The molecule has 0 spiro atoms. The predicted octanol–water partition coefficient (Wildman–Crippen LogP) is -1.30. The molecule has 0 amide bonds. The second kappa shape index (κ2) is 6.00. The quantitative estimate of drug-likeness (QED) is 0.673. The van der Waals surface area contributed by atoms with Crippen molar-refractivity contribution in [3.63, 3.8) is 0 Å². The van der Waals surface area contributed by atoms with Gasteiger partial charge in [0.25, 0.3) is 0 Å². The summed E-state index contributed by atoms with van der Waals surface area (Å²) >= 11 is 0.